The van der Waals surface area contributed by atoms with E-state index in [1.54, 1.807) is 0 Å². The van der Waals surface area contributed by atoms with Crippen LogP contribution < -0.4 is 5.73 Å². The van der Waals surface area contributed by atoms with Crippen molar-refractivity contribution in [2.45, 2.75) is 32.7 Å². The average molecular weight is 189 g/mol. The molecule has 0 bridgehead atoms. The number of aryl methyl sites for hydroxylation is 2. The predicted octanol–water partition coefficient (Wildman–Crippen LogP) is 2.83. The quantitative estimate of drug-likeness (QED) is 0.724. The van der Waals surface area contributed by atoms with Gasteiger partial charge in [-0.3, -0.25) is 0 Å². The molecule has 0 aliphatic carbocycles. The minimum absolute atomic E-state index is 0.135. The van der Waals surface area contributed by atoms with Gasteiger partial charge in [0.05, 0.1) is 0 Å². The molecule has 0 aromatic heterocycles. The van der Waals surface area contributed by atoms with Crippen LogP contribution in [-0.4, -0.2) is 6.04 Å². The van der Waals surface area contributed by atoms with Crippen molar-refractivity contribution >= 4 is 0 Å². The fourth-order valence-electron chi connectivity index (χ4n) is 1.32. The lowest BCUT2D eigenvalue weighted by molar-refractivity contribution is 0.690. The van der Waals surface area contributed by atoms with E-state index in [1.807, 2.05) is 6.92 Å². The van der Waals surface area contributed by atoms with Gasteiger partial charge in [-0.25, -0.2) is 0 Å². The van der Waals surface area contributed by atoms with Gasteiger partial charge in [-0.1, -0.05) is 42.0 Å². The van der Waals surface area contributed by atoms with Crippen LogP contribution in [0.1, 0.15) is 24.5 Å². The van der Waals surface area contributed by atoms with E-state index in [0.717, 1.165) is 18.4 Å². The van der Waals surface area contributed by atoms with Gasteiger partial charge >= 0.3 is 0 Å². The van der Waals surface area contributed by atoms with Crippen molar-refractivity contribution in [3.05, 3.63) is 47.5 Å². The molecule has 1 aromatic rings. The zero-order chi connectivity index (χ0) is 10.6. The topological polar surface area (TPSA) is 26.0 Å². The highest BCUT2D eigenvalue weighted by Crippen LogP contribution is 2.09. The third-order valence-electron chi connectivity index (χ3n) is 2.50. The van der Waals surface area contributed by atoms with E-state index >= 15 is 0 Å². The van der Waals surface area contributed by atoms with E-state index < -0.39 is 0 Å². The summed E-state index contributed by atoms with van der Waals surface area (Å²) in [6, 6.07) is 8.75. The molecule has 76 valence electrons. The molecule has 0 heterocycles. The largest absolute Gasteiger partial charge is 0.324 e. The molecule has 0 saturated carbocycles. The number of rotatable bonds is 4. The van der Waals surface area contributed by atoms with Crippen LogP contribution in [0.3, 0.4) is 0 Å². The fraction of sp³-hybridized carbons (Fsp3) is 0.385. The van der Waals surface area contributed by atoms with Gasteiger partial charge in [-0.2, -0.15) is 0 Å². The Hall–Kier alpha value is -1.08. The van der Waals surface area contributed by atoms with E-state index in [1.165, 1.54) is 11.1 Å². The molecule has 0 aliphatic heterocycles. The molecule has 0 spiro atoms. The van der Waals surface area contributed by atoms with Gasteiger partial charge in [0, 0.05) is 6.04 Å². The standard InChI is InChI=1S/C13H19N/c1-10(2)13(14)9-8-12-6-4-11(3)5-7-12/h4-7,13H,1,8-9,14H2,2-3H3. The summed E-state index contributed by atoms with van der Waals surface area (Å²) >= 11 is 0. The molecule has 2 N–H and O–H groups in total. The second-order valence-corrected chi connectivity index (χ2v) is 3.98. The van der Waals surface area contributed by atoms with Crippen molar-refractivity contribution in [1.29, 1.82) is 0 Å². The van der Waals surface area contributed by atoms with E-state index in [-0.39, 0.29) is 6.04 Å². The minimum atomic E-state index is 0.135. The second kappa shape index (κ2) is 4.97. The Kier molecular flexibility index (Phi) is 3.90. The Morgan fingerprint density at radius 3 is 2.43 bits per heavy atom. The lowest BCUT2D eigenvalue weighted by atomic mass is 10.0. The van der Waals surface area contributed by atoms with E-state index in [4.69, 9.17) is 5.73 Å². The van der Waals surface area contributed by atoms with Crippen molar-refractivity contribution in [3.8, 4) is 0 Å². The SMILES string of the molecule is C=C(C)C(N)CCc1ccc(C)cc1. The van der Waals surface area contributed by atoms with Gasteiger partial charge in [0.15, 0.2) is 0 Å². The summed E-state index contributed by atoms with van der Waals surface area (Å²) in [4.78, 5) is 0. The average Bonchev–Trinajstić information content (AvgIpc) is 2.16. The summed E-state index contributed by atoms with van der Waals surface area (Å²) in [5, 5.41) is 0. The van der Waals surface area contributed by atoms with E-state index in [2.05, 4.69) is 37.8 Å². The Balaban J connectivity index is 2.46. The normalized spacial score (nSPS) is 12.5. The van der Waals surface area contributed by atoms with Crippen molar-refractivity contribution in [2.75, 3.05) is 0 Å². The summed E-state index contributed by atoms with van der Waals surface area (Å²) in [5.74, 6) is 0. The van der Waals surface area contributed by atoms with Crippen LogP contribution in [0.5, 0.6) is 0 Å². The molecule has 1 unspecified atom stereocenters. The molecule has 1 aromatic carbocycles. The van der Waals surface area contributed by atoms with Crippen LogP contribution in [0.15, 0.2) is 36.4 Å². The van der Waals surface area contributed by atoms with Gasteiger partial charge in [-0.15, -0.1) is 0 Å². The molecule has 1 rings (SSSR count). The first-order chi connectivity index (χ1) is 6.59. The number of hydrogen-bond acceptors (Lipinski definition) is 1. The third-order valence-corrected chi connectivity index (χ3v) is 2.50. The Bertz CT molecular complexity index is 298. The Morgan fingerprint density at radius 2 is 1.93 bits per heavy atom. The monoisotopic (exact) mass is 189 g/mol. The van der Waals surface area contributed by atoms with Gasteiger partial charge < -0.3 is 5.73 Å². The van der Waals surface area contributed by atoms with Crippen LogP contribution in [0.25, 0.3) is 0 Å². The van der Waals surface area contributed by atoms with Crippen LogP contribution in [0, 0.1) is 6.92 Å². The van der Waals surface area contributed by atoms with Crippen molar-refractivity contribution < 1.29 is 0 Å². The van der Waals surface area contributed by atoms with Crippen LogP contribution in [0.4, 0.5) is 0 Å². The highest BCUT2D eigenvalue weighted by molar-refractivity contribution is 5.21. The molecule has 14 heavy (non-hydrogen) atoms. The van der Waals surface area contributed by atoms with Crippen molar-refractivity contribution in [2.24, 2.45) is 5.73 Å². The molecule has 0 aliphatic rings. The molecular formula is C13H19N. The van der Waals surface area contributed by atoms with Gasteiger partial charge in [0.25, 0.3) is 0 Å². The summed E-state index contributed by atoms with van der Waals surface area (Å²) in [6.45, 7) is 7.94. The molecule has 0 amide bonds. The van der Waals surface area contributed by atoms with Crippen molar-refractivity contribution in [3.63, 3.8) is 0 Å². The predicted molar refractivity (Wildman–Crippen MR) is 62.3 cm³/mol. The summed E-state index contributed by atoms with van der Waals surface area (Å²) in [5.41, 5.74) is 9.62. The molecule has 0 radical (unpaired) electrons. The van der Waals surface area contributed by atoms with Crippen LogP contribution in [0.2, 0.25) is 0 Å². The molecule has 0 saturated heterocycles. The van der Waals surface area contributed by atoms with Gasteiger partial charge in [0.1, 0.15) is 0 Å². The van der Waals surface area contributed by atoms with Crippen LogP contribution >= 0.6 is 0 Å². The third kappa shape index (κ3) is 3.35. The first-order valence-corrected chi connectivity index (χ1v) is 5.06. The number of hydrogen-bond donors (Lipinski definition) is 1. The number of benzene rings is 1. The highest BCUT2D eigenvalue weighted by Gasteiger charge is 2.02. The maximum absolute atomic E-state index is 5.89. The maximum atomic E-state index is 5.89. The molecule has 0 fully saturated rings. The van der Waals surface area contributed by atoms with Gasteiger partial charge in [0.2, 0.25) is 0 Å². The maximum Gasteiger partial charge on any atom is 0.0251 e. The van der Waals surface area contributed by atoms with E-state index in [0.29, 0.717) is 0 Å². The number of nitrogens with two attached hydrogens (primary N) is 1. The van der Waals surface area contributed by atoms with Gasteiger partial charge in [-0.05, 0) is 32.3 Å². The first-order valence-electron chi connectivity index (χ1n) is 5.06. The zero-order valence-corrected chi connectivity index (χ0v) is 9.09. The summed E-state index contributed by atoms with van der Waals surface area (Å²) < 4.78 is 0. The van der Waals surface area contributed by atoms with Crippen LogP contribution in [-0.2, 0) is 6.42 Å². The second-order valence-electron chi connectivity index (χ2n) is 3.98. The first kappa shape index (κ1) is 11.0. The Morgan fingerprint density at radius 1 is 1.36 bits per heavy atom. The fourth-order valence-corrected chi connectivity index (χ4v) is 1.32. The molecule has 1 heteroatoms. The smallest absolute Gasteiger partial charge is 0.0251 e. The molecule has 1 nitrogen and oxygen atoms in total. The zero-order valence-electron chi connectivity index (χ0n) is 9.09. The Labute approximate surface area is 86.6 Å². The minimum Gasteiger partial charge on any atom is -0.324 e. The summed E-state index contributed by atoms with van der Waals surface area (Å²) in [6.07, 6.45) is 2.02. The lowest BCUT2D eigenvalue weighted by Crippen LogP contribution is -2.21. The van der Waals surface area contributed by atoms with E-state index in [9.17, 15) is 0 Å². The lowest BCUT2D eigenvalue weighted by Gasteiger charge is -2.10. The molecule has 1 atom stereocenters. The molecular weight excluding hydrogens is 170 g/mol. The van der Waals surface area contributed by atoms with Crippen molar-refractivity contribution in [1.82, 2.24) is 0 Å². The highest BCUT2D eigenvalue weighted by atomic mass is 14.6. The summed E-state index contributed by atoms with van der Waals surface area (Å²) in [7, 11) is 0.